The lowest BCUT2D eigenvalue weighted by atomic mass is 10.0. The van der Waals surface area contributed by atoms with E-state index in [1.54, 1.807) is 25.2 Å². The quantitative estimate of drug-likeness (QED) is 0.779. The Kier molecular flexibility index (Phi) is 7.35. The van der Waals surface area contributed by atoms with E-state index in [1.165, 1.54) is 13.0 Å². The Hall–Kier alpha value is -1.95. The lowest BCUT2D eigenvalue weighted by Gasteiger charge is -2.05. The molecule has 0 saturated carbocycles. The molecular formula is C18H25NO4S. The number of hydrogen-bond donors (Lipinski definition) is 1. The summed E-state index contributed by atoms with van der Waals surface area (Å²) in [6.45, 7) is 5.47. The number of Topliss-reactive ketones (excluding diaryl/α,β-unsaturated/α-hetero) is 1. The van der Waals surface area contributed by atoms with Crippen molar-refractivity contribution < 1.29 is 18.0 Å². The molecule has 6 heteroatoms. The summed E-state index contributed by atoms with van der Waals surface area (Å²) in [5, 5.41) is 2.39. The monoisotopic (exact) mass is 351 g/mol. The molecule has 1 aliphatic carbocycles. The summed E-state index contributed by atoms with van der Waals surface area (Å²) < 4.78 is 24.4. The Bertz CT molecular complexity index is 748. The maximum absolute atomic E-state index is 12.3. The van der Waals surface area contributed by atoms with Crippen molar-refractivity contribution in [3.63, 3.8) is 0 Å². The van der Waals surface area contributed by atoms with E-state index in [9.17, 15) is 18.0 Å². The highest BCUT2D eigenvalue weighted by atomic mass is 32.2. The van der Waals surface area contributed by atoms with E-state index in [1.807, 2.05) is 13.8 Å². The Morgan fingerprint density at radius 1 is 1.12 bits per heavy atom. The van der Waals surface area contributed by atoms with Gasteiger partial charge in [0.15, 0.2) is 15.6 Å². The molecule has 0 fully saturated rings. The molecule has 0 saturated heterocycles. The van der Waals surface area contributed by atoms with Crippen molar-refractivity contribution in [2.75, 3.05) is 12.8 Å². The van der Waals surface area contributed by atoms with Crippen molar-refractivity contribution >= 4 is 21.5 Å². The third-order valence-electron chi connectivity index (χ3n) is 3.79. The van der Waals surface area contributed by atoms with Crippen molar-refractivity contribution in [1.29, 1.82) is 0 Å². The molecule has 1 N–H and O–H groups in total. The molecule has 0 atom stereocenters. The molecule has 0 bridgehead atoms. The third kappa shape index (κ3) is 4.54. The molecule has 1 aromatic rings. The average molecular weight is 351 g/mol. The van der Waals surface area contributed by atoms with Crippen LogP contribution in [0.25, 0.3) is 0 Å². The van der Waals surface area contributed by atoms with E-state index >= 15 is 0 Å². The number of fused-ring (bicyclic) bond motifs is 1. The summed E-state index contributed by atoms with van der Waals surface area (Å²) in [6.07, 6.45) is 2.36. The molecule has 3 rings (SSSR count). The van der Waals surface area contributed by atoms with Crippen LogP contribution in [0.4, 0.5) is 0 Å². The molecule has 1 amide bonds. The molecule has 2 aliphatic rings. The zero-order chi connectivity index (χ0) is 18.3. The van der Waals surface area contributed by atoms with Crippen LogP contribution in [0, 0.1) is 0 Å². The Morgan fingerprint density at radius 2 is 1.71 bits per heavy atom. The van der Waals surface area contributed by atoms with Crippen molar-refractivity contribution in [2.24, 2.45) is 0 Å². The maximum atomic E-state index is 12.3. The fraction of sp³-hybridized carbons (Fsp3) is 0.444. The largest absolute Gasteiger partial charge is 0.359 e. The van der Waals surface area contributed by atoms with E-state index in [0.717, 1.165) is 30.4 Å². The van der Waals surface area contributed by atoms with Gasteiger partial charge in [0, 0.05) is 25.1 Å². The van der Waals surface area contributed by atoms with E-state index in [2.05, 4.69) is 5.32 Å². The van der Waals surface area contributed by atoms with E-state index < -0.39 is 9.84 Å². The molecule has 5 nitrogen and oxygen atoms in total. The van der Waals surface area contributed by atoms with Crippen molar-refractivity contribution in [3.8, 4) is 0 Å². The van der Waals surface area contributed by atoms with Crippen LogP contribution in [0.5, 0.6) is 0 Å². The number of ketones is 1. The van der Waals surface area contributed by atoms with Gasteiger partial charge in [-0.3, -0.25) is 9.59 Å². The molecule has 0 spiro atoms. The lowest BCUT2D eigenvalue weighted by Crippen LogP contribution is -2.11. The second-order valence-electron chi connectivity index (χ2n) is 5.33. The van der Waals surface area contributed by atoms with Gasteiger partial charge < -0.3 is 5.32 Å². The smallest absolute Gasteiger partial charge is 0.216 e. The SMILES string of the molecule is CC.CNC(C)=O.O=C1C2=C(CCC2)CS(=O)(=O)c2ccccc21. The number of sulfone groups is 1. The summed E-state index contributed by atoms with van der Waals surface area (Å²) in [4.78, 5) is 22.2. The first-order chi connectivity index (χ1) is 11.4. The number of nitrogens with one attached hydrogen (secondary N) is 1. The molecule has 0 unspecified atom stereocenters. The molecule has 1 heterocycles. The first-order valence-corrected chi connectivity index (χ1v) is 9.77. The number of allylic oxidation sites excluding steroid dienone is 1. The summed E-state index contributed by atoms with van der Waals surface area (Å²) >= 11 is 0. The molecule has 0 aromatic heterocycles. The van der Waals surface area contributed by atoms with Crippen molar-refractivity contribution in [1.82, 2.24) is 5.32 Å². The summed E-state index contributed by atoms with van der Waals surface area (Å²) in [7, 11) is -1.74. The molecule has 24 heavy (non-hydrogen) atoms. The standard InChI is InChI=1S/C13H12O3S.C3H7NO.C2H6/c14-13-10-6-3-4-9(10)8-17(15,16)12-7-2-1-5-11(12)13;1-3(5)4-2;1-2/h1-2,5,7H,3-4,6,8H2;1-2H3,(H,4,5);1-2H3. The van der Waals surface area contributed by atoms with Gasteiger partial charge in [0.25, 0.3) is 0 Å². The van der Waals surface area contributed by atoms with Gasteiger partial charge in [-0.2, -0.15) is 0 Å². The van der Waals surface area contributed by atoms with Crippen LogP contribution in [0.3, 0.4) is 0 Å². The van der Waals surface area contributed by atoms with Crippen LogP contribution >= 0.6 is 0 Å². The Balaban J connectivity index is 0.000000356. The highest BCUT2D eigenvalue weighted by molar-refractivity contribution is 7.91. The lowest BCUT2D eigenvalue weighted by molar-refractivity contribution is -0.118. The number of rotatable bonds is 0. The topological polar surface area (TPSA) is 80.3 Å². The van der Waals surface area contributed by atoms with Crippen molar-refractivity contribution in [2.45, 2.75) is 44.9 Å². The third-order valence-corrected chi connectivity index (χ3v) is 5.54. The van der Waals surface area contributed by atoms with Crippen LogP contribution in [0.1, 0.15) is 50.4 Å². The van der Waals surface area contributed by atoms with Crippen LogP contribution in [-0.4, -0.2) is 32.9 Å². The van der Waals surface area contributed by atoms with Crippen LogP contribution in [-0.2, 0) is 14.6 Å². The van der Waals surface area contributed by atoms with Crippen LogP contribution in [0.15, 0.2) is 40.3 Å². The molecular weight excluding hydrogens is 326 g/mol. The van der Waals surface area contributed by atoms with Gasteiger partial charge >= 0.3 is 0 Å². The first kappa shape index (κ1) is 20.1. The number of carbonyl (C=O) groups is 2. The minimum atomic E-state index is -3.34. The fourth-order valence-corrected chi connectivity index (χ4v) is 4.35. The zero-order valence-corrected chi connectivity index (χ0v) is 15.5. The Labute approximate surface area is 144 Å². The molecule has 0 radical (unpaired) electrons. The highest BCUT2D eigenvalue weighted by Crippen LogP contribution is 2.35. The number of carbonyl (C=O) groups excluding carboxylic acids is 2. The zero-order valence-electron chi connectivity index (χ0n) is 14.7. The molecule has 1 aliphatic heterocycles. The van der Waals surface area contributed by atoms with E-state index in [0.29, 0.717) is 5.56 Å². The second kappa shape index (κ2) is 8.78. The second-order valence-corrected chi connectivity index (χ2v) is 7.28. The van der Waals surface area contributed by atoms with E-state index in [4.69, 9.17) is 0 Å². The number of amides is 1. The molecule has 132 valence electrons. The van der Waals surface area contributed by atoms with Gasteiger partial charge in [-0.05, 0) is 37.0 Å². The van der Waals surface area contributed by atoms with Gasteiger partial charge in [-0.25, -0.2) is 8.42 Å². The van der Waals surface area contributed by atoms with Crippen molar-refractivity contribution in [3.05, 3.63) is 41.0 Å². The average Bonchev–Trinajstić information content (AvgIpc) is 3.01. The van der Waals surface area contributed by atoms with Gasteiger partial charge in [0.2, 0.25) is 5.91 Å². The number of hydrogen-bond acceptors (Lipinski definition) is 4. The fourth-order valence-electron chi connectivity index (χ4n) is 2.63. The maximum Gasteiger partial charge on any atom is 0.216 e. The van der Waals surface area contributed by atoms with Gasteiger partial charge in [0.1, 0.15) is 0 Å². The van der Waals surface area contributed by atoms with Gasteiger partial charge in [0.05, 0.1) is 10.6 Å². The minimum absolute atomic E-state index is 0.00463. The number of benzene rings is 1. The predicted octanol–water partition coefficient (Wildman–Crippen LogP) is 2.92. The summed E-state index contributed by atoms with van der Waals surface area (Å²) in [6, 6.07) is 6.53. The van der Waals surface area contributed by atoms with Gasteiger partial charge in [-0.15, -0.1) is 0 Å². The van der Waals surface area contributed by atoms with Crippen LogP contribution in [0.2, 0.25) is 0 Å². The van der Waals surface area contributed by atoms with Gasteiger partial charge in [-0.1, -0.05) is 26.0 Å². The predicted molar refractivity (Wildman–Crippen MR) is 94.8 cm³/mol. The Morgan fingerprint density at radius 3 is 2.29 bits per heavy atom. The summed E-state index contributed by atoms with van der Waals surface area (Å²) in [5.74, 6) is -0.0652. The normalized spacial score (nSPS) is 17.2. The first-order valence-electron chi connectivity index (χ1n) is 8.12. The summed E-state index contributed by atoms with van der Waals surface area (Å²) in [5.41, 5.74) is 1.91. The van der Waals surface area contributed by atoms with E-state index in [-0.39, 0.29) is 22.3 Å². The molecule has 1 aromatic carbocycles. The minimum Gasteiger partial charge on any atom is -0.359 e. The van der Waals surface area contributed by atoms with Crippen LogP contribution < -0.4 is 5.32 Å². The highest BCUT2D eigenvalue weighted by Gasteiger charge is 2.33.